The zero-order valence-corrected chi connectivity index (χ0v) is 16.5. The van der Waals surface area contributed by atoms with Crippen LogP contribution < -0.4 is 10.1 Å². The van der Waals surface area contributed by atoms with E-state index in [1.54, 1.807) is 36.4 Å². The number of rotatable bonds is 9. The Morgan fingerprint density at radius 2 is 1.96 bits per heavy atom. The first-order valence-electron chi connectivity index (χ1n) is 8.82. The summed E-state index contributed by atoms with van der Waals surface area (Å²) in [4.78, 5) is 6.30. The molecule has 0 radical (unpaired) electrons. The van der Waals surface area contributed by atoms with Gasteiger partial charge in [0.05, 0.1) is 0 Å². The lowest BCUT2D eigenvalue weighted by Crippen LogP contribution is -2.16. The molecule has 0 bridgehead atoms. The van der Waals surface area contributed by atoms with E-state index in [2.05, 4.69) is 15.2 Å². The van der Waals surface area contributed by atoms with Crippen molar-refractivity contribution in [1.82, 2.24) is 9.88 Å². The number of benzene rings is 1. The Morgan fingerprint density at radius 1 is 1.18 bits per heavy atom. The van der Waals surface area contributed by atoms with Crippen molar-refractivity contribution in [1.29, 1.82) is 5.26 Å². The maximum Gasteiger partial charge on any atom is 0.266 e. The molecule has 0 saturated carbocycles. The van der Waals surface area contributed by atoms with E-state index >= 15 is 0 Å². The van der Waals surface area contributed by atoms with Gasteiger partial charge in [-0.25, -0.2) is 0 Å². The van der Waals surface area contributed by atoms with Crippen LogP contribution in [-0.4, -0.2) is 37.1 Å². The molecule has 28 heavy (non-hydrogen) atoms. The number of oxazole rings is 1. The van der Waals surface area contributed by atoms with Crippen LogP contribution in [0.4, 0.5) is 5.88 Å². The predicted molar refractivity (Wildman–Crippen MR) is 106 cm³/mol. The van der Waals surface area contributed by atoms with Gasteiger partial charge in [-0.15, -0.1) is 0 Å². The van der Waals surface area contributed by atoms with Gasteiger partial charge in [0.1, 0.15) is 24.2 Å². The Hall–Kier alpha value is -2.95. The number of hydrogen-bond donors (Lipinski definition) is 1. The zero-order valence-electron chi connectivity index (χ0n) is 15.7. The van der Waals surface area contributed by atoms with E-state index in [4.69, 9.17) is 25.2 Å². The highest BCUT2D eigenvalue weighted by molar-refractivity contribution is 6.30. The molecule has 0 amide bonds. The standard InChI is InChI=1S/C20H21ClN4O3/c1-25(2)11-3-10-23-19-17(12-22)24-20(28-19)18-9-8-16(27-18)13-26-15-6-4-14(21)5-7-15/h4-9,23H,3,10-11,13H2,1-2H3. The van der Waals surface area contributed by atoms with Crippen molar-refractivity contribution in [2.75, 3.05) is 32.5 Å². The molecule has 1 aromatic carbocycles. The number of furan rings is 1. The maximum absolute atomic E-state index is 9.28. The van der Waals surface area contributed by atoms with Crippen molar-refractivity contribution < 1.29 is 13.6 Å². The molecule has 0 fully saturated rings. The van der Waals surface area contributed by atoms with Crippen LogP contribution in [0, 0.1) is 11.3 Å². The molecule has 7 nitrogen and oxygen atoms in total. The normalized spacial score (nSPS) is 10.8. The summed E-state index contributed by atoms with van der Waals surface area (Å²) >= 11 is 5.86. The molecule has 0 aliphatic rings. The van der Waals surface area contributed by atoms with Crippen LogP contribution in [0.3, 0.4) is 0 Å². The summed E-state index contributed by atoms with van der Waals surface area (Å²) in [5.41, 5.74) is 0.204. The minimum absolute atomic E-state index is 0.204. The Morgan fingerprint density at radius 3 is 2.68 bits per heavy atom. The maximum atomic E-state index is 9.28. The molecule has 3 rings (SSSR count). The third-order valence-corrected chi connectivity index (χ3v) is 4.12. The average molecular weight is 401 g/mol. The van der Waals surface area contributed by atoms with Crippen molar-refractivity contribution in [3.8, 4) is 23.5 Å². The van der Waals surface area contributed by atoms with Gasteiger partial charge in [-0.3, -0.25) is 0 Å². The second-order valence-corrected chi connectivity index (χ2v) is 6.84. The van der Waals surface area contributed by atoms with E-state index in [1.807, 2.05) is 20.2 Å². The fraction of sp³-hybridized carbons (Fsp3) is 0.300. The molecule has 0 aliphatic carbocycles. The van der Waals surface area contributed by atoms with Gasteiger partial charge in [-0.1, -0.05) is 11.6 Å². The number of halogens is 1. The molecule has 146 valence electrons. The molecule has 8 heteroatoms. The number of hydrogen-bond acceptors (Lipinski definition) is 7. The van der Waals surface area contributed by atoms with Crippen LogP contribution in [-0.2, 0) is 6.61 Å². The van der Waals surface area contributed by atoms with E-state index < -0.39 is 0 Å². The van der Waals surface area contributed by atoms with Crippen molar-refractivity contribution in [3.05, 3.63) is 52.9 Å². The lowest BCUT2D eigenvalue weighted by atomic mass is 10.3. The quantitative estimate of drug-likeness (QED) is 0.532. The van der Waals surface area contributed by atoms with E-state index in [-0.39, 0.29) is 18.2 Å². The molecule has 2 aromatic heterocycles. The largest absolute Gasteiger partial charge is 0.486 e. The summed E-state index contributed by atoms with van der Waals surface area (Å²) in [5, 5.41) is 13.0. The molecule has 0 unspecified atom stereocenters. The van der Waals surface area contributed by atoms with Gasteiger partial charge in [-0.2, -0.15) is 10.2 Å². The van der Waals surface area contributed by atoms with Crippen LogP contribution in [0.1, 0.15) is 17.9 Å². The molecule has 1 N–H and O–H groups in total. The van der Waals surface area contributed by atoms with Gasteiger partial charge < -0.3 is 23.8 Å². The van der Waals surface area contributed by atoms with Gasteiger partial charge in [0.25, 0.3) is 5.89 Å². The molecule has 0 saturated heterocycles. The highest BCUT2D eigenvalue weighted by atomic mass is 35.5. The Labute approximate surface area is 168 Å². The third-order valence-electron chi connectivity index (χ3n) is 3.87. The summed E-state index contributed by atoms with van der Waals surface area (Å²) < 4.78 is 17.1. The van der Waals surface area contributed by atoms with E-state index in [0.717, 1.165) is 13.0 Å². The molecular weight excluding hydrogens is 380 g/mol. The molecule has 0 atom stereocenters. The topological polar surface area (TPSA) is 87.5 Å². The predicted octanol–water partition coefficient (Wildman–Crippen LogP) is 4.40. The Kier molecular flexibility index (Phi) is 6.58. The van der Waals surface area contributed by atoms with Gasteiger partial charge >= 0.3 is 0 Å². The number of nitrogens with one attached hydrogen (secondary N) is 1. The van der Waals surface area contributed by atoms with Crippen molar-refractivity contribution >= 4 is 17.5 Å². The van der Waals surface area contributed by atoms with Crippen molar-refractivity contribution in [2.45, 2.75) is 13.0 Å². The van der Waals surface area contributed by atoms with E-state index in [9.17, 15) is 5.26 Å². The van der Waals surface area contributed by atoms with Gasteiger partial charge in [0, 0.05) is 11.6 Å². The summed E-state index contributed by atoms with van der Waals surface area (Å²) in [6, 6.07) is 12.6. The number of anilines is 1. The first-order valence-corrected chi connectivity index (χ1v) is 9.20. The molecule has 0 spiro atoms. The smallest absolute Gasteiger partial charge is 0.266 e. The highest BCUT2D eigenvalue weighted by Gasteiger charge is 2.17. The lowest BCUT2D eigenvalue weighted by Gasteiger charge is -2.08. The summed E-state index contributed by atoms with van der Waals surface area (Å²) in [5.74, 6) is 2.35. The SMILES string of the molecule is CN(C)CCCNc1oc(-c2ccc(COc3ccc(Cl)cc3)o2)nc1C#N. The van der Waals surface area contributed by atoms with Crippen molar-refractivity contribution in [3.63, 3.8) is 0 Å². The summed E-state index contributed by atoms with van der Waals surface area (Å²) in [6.07, 6.45) is 0.917. The number of ether oxygens (including phenoxy) is 1. The number of nitrogens with zero attached hydrogens (tertiary/aromatic N) is 3. The van der Waals surface area contributed by atoms with Gasteiger partial charge in [0.2, 0.25) is 11.6 Å². The van der Waals surface area contributed by atoms with Crippen molar-refractivity contribution in [2.24, 2.45) is 0 Å². The average Bonchev–Trinajstić information content (AvgIpc) is 3.31. The molecule has 0 aliphatic heterocycles. The summed E-state index contributed by atoms with van der Waals surface area (Å²) in [7, 11) is 4.02. The van der Waals surface area contributed by atoms with Gasteiger partial charge in [-0.05, 0) is 63.5 Å². The monoisotopic (exact) mass is 400 g/mol. The van der Waals surface area contributed by atoms with Crippen LogP contribution in [0.15, 0.2) is 45.2 Å². The minimum atomic E-state index is 0.204. The van der Waals surface area contributed by atoms with Crippen LogP contribution >= 0.6 is 11.6 Å². The Bertz CT molecular complexity index is 941. The molecule has 3 aromatic rings. The van der Waals surface area contributed by atoms with Crippen LogP contribution in [0.25, 0.3) is 11.7 Å². The minimum Gasteiger partial charge on any atom is -0.486 e. The van der Waals surface area contributed by atoms with E-state index in [1.165, 1.54) is 0 Å². The summed E-state index contributed by atoms with van der Waals surface area (Å²) in [6.45, 7) is 1.87. The first-order chi connectivity index (χ1) is 13.5. The van der Waals surface area contributed by atoms with Gasteiger partial charge in [0.15, 0.2) is 5.76 Å². The second-order valence-electron chi connectivity index (χ2n) is 6.40. The first kappa shape index (κ1) is 19.8. The van der Waals surface area contributed by atoms with E-state index in [0.29, 0.717) is 34.7 Å². The zero-order chi connectivity index (χ0) is 19.9. The molecule has 2 heterocycles. The third kappa shape index (κ3) is 5.28. The number of nitriles is 1. The van der Waals surface area contributed by atoms with Crippen LogP contribution in [0.2, 0.25) is 5.02 Å². The molecular formula is C20H21ClN4O3. The number of aromatic nitrogens is 1. The lowest BCUT2D eigenvalue weighted by molar-refractivity contribution is 0.271. The van der Waals surface area contributed by atoms with Crippen LogP contribution in [0.5, 0.6) is 5.75 Å². The highest BCUT2D eigenvalue weighted by Crippen LogP contribution is 2.27. The fourth-order valence-corrected chi connectivity index (χ4v) is 2.60. The second kappa shape index (κ2) is 9.31. The fourth-order valence-electron chi connectivity index (χ4n) is 2.47. The Balaban J connectivity index is 1.62.